The predicted molar refractivity (Wildman–Crippen MR) is 142 cm³/mol. The third kappa shape index (κ3) is 4.65. The second kappa shape index (κ2) is 9.50. The van der Waals surface area contributed by atoms with E-state index in [1.165, 1.54) is 12.8 Å². The molecule has 0 atom stereocenters. The van der Waals surface area contributed by atoms with Crippen LogP contribution in [-0.2, 0) is 6.42 Å². The molecule has 2 aliphatic rings. The zero-order valence-electron chi connectivity index (χ0n) is 19.7. The van der Waals surface area contributed by atoms with Crippen molar-refractivity contribution in [3.8, 4) is 17.0 Å². The van der Waals surface area contributed by atoms with Crippen LogP contribution in [0.4, 0.5) is 10.6 Å². The molecule has 1 N–H and O–H groups in total. The average Bonchev–Trinajstić information content (AvgIpc) is 3.58. The van der Waals surface area contributed by atoms with Gasteiger partial charge in [0.25, 0.3) is 0 Å². The van der Waals surface area contributed by atoms with Crippen molar-refractivity contribution >= 4 is 38.8 Å². The second-order valence-electron chi connectivity index (χ2n) is 9.46. The number of hydrogen-bond donors (Lipinski definition) is 1. The van der Waals surface area contributed by atoms with Gasteiger partial charge in [-0.2, -0.15) is 0 Å². The summed E-state index contributed by atoms with van der Waals surface area (Å²) < 4.78 is 5.69. The summed E-state index contributed by atoms with van der Waals surface area (Å²) in [5.74, 6) is 1.58. The molecule has 1 saturated heterocycles. The molecular formula is C28H25BrN4O3. The fourth-order valence-electron chi connectivity index (χ4n) is 5.11. The van der Waals surface area contributed by atoms with Crippen LogP contribution in [0.2, 0.25) is 0 Å². The van der Waals surface area contributed by atoms with Gasteiger partial charge in [0.2, 0.25) is 5.88 Å². The Bertz CT molecular complexity index is 1460. The van der Waals surface area contributed by atoms with E-state index >= 15 is 0 Å². The van der Waals surface area contributed by atoms with Gasteiger partial charge in [-0.15, -0.1) is 0 Å². The number of anilines is 1. The Kier molecular flexibility index (Phi) is 6.05. The van der Waals surface area contributed by atoms with E-state index in [1.807, 2.05) is 12.1 Å². The third-order valence-corrected chi connectivity index (χ3v) is 7.36. The SMILES string of the molecule is O=C(O)Oc1nc(Br)cc(C2CC2)c1Cc1cccc(-c2ccc3ncnc(N4CCCC4)c3c2)c1. The molecule has 0 amide bonds. The van der Waals surface area contributed by atoms with E-state index in [2.05, 4.69) is 72.2 Å². The Hall–Kier alpha value is -3.52. The number of ether oxygens (including phenoxy) is 1. The molecule has 6 rings (SSSR count). The highest BCUT2D eigenvalue weighted by atomic mass is 79.9. The molecule has 4 aromatic rings. The van der Waals surface area contributed by atoms with Gasteiger partial charge in [-0.05, 0) is 88.0 Å². The quantitative estimate of drug-likeness (QED) is 0.216. The molecule has 7 nitrogen and oxygen atoms in total. The monoisotopic (exact) mass is 544 g/mol. The molecule has 0 bridgehead atoms. The van der Waals surface area contributed by atoms with Crippen molar-refractivity contribution in [1.29, 1.82) is 0 Å². The van der Waals surface area contributed by atoms with Crippen LogP contribution in [0.3, 0.4) is 0 Å². The maximum absolute atomic E-state index is 11.4. The fourth-order valence-corrected chi connectivity index (χ4v) is 5.52. The summed E-state index contributed by atoms with van der Waals surface area (Å²) in [6, 6.07) is 16.7. The van der Waals surface area contributed by atoms with E-state index < -0.39 is 6.16 Å². The van der Waals surface area contributed by atoms with Gasteiger partial charge >= 0.3 is 6.16 Å². The molecule has 0 unspecified atom stereocenters. The number of carbonyl (C=O) groups is 1. The lowest BCUT2D eigenvalue weighted by Gasteiger charge is -2.18. The van der Waals surface area contributed by atoms with Crippen molar-refractivity contribution in [3.05, 3.63) is 76.2 Å². The third-order valence-electron chi connectivity index (χ3n) is 6.95. The number of pyridine rings is 1. The Labute approximate surface area is 217 Å². The van der Waals surface area contributed by atoms with Crippen molar-refractivity contribution < 1.29 is 14.6 Å². The van der Waals surface area contributed by atoms with Crippen LogP contribution in [-0.4, -0.2) is 39.3 Å². The maximum atomic E-state index is 11.4. The maximum Gasteiger partial charge on any atom is 0.512 e. The molecule has 1 saturated carbocycles. The summed E-state index contributed by atoms with van der Waals surface area (Å²) in [6.07, 6.45) is 5.39. The number of nitrogens with zero attached hydrogens (tertiary/aromatic N) is 4. The van der Waals surface area contributed by atoms with Gasteiger partial charge < -0.3 is 14.7 Å². The molecule has 0 spiro atoms. The summed E-state index contributed by atoms with van der Waals surface area (Å²) in [5.41, 5.74) is 6.14. The lowest BCUT2D eigenvalue weighted by molar-refractivity contribution is 0.142. The van der Waals surface area contributed by atoms with Gasteiger partial charge in [0.1, 0.15) is 16.7 Å². The highest BCUT2D eigenvalue weighted by Gasteiger charge is 2.29. The van der Waals surface area contributed by atoms with Gasteiger partial charge in [-0.1, -0.05) is 30.3 Å². The number of benzene rings is 2. The molecule has 2 aromatic heterocycles. The molecule has 1 aliphatic carbocycles. The second-order valence-corrected chi connectivity index (χ2v) is 10.3. The van der Waals surface area contributed by atoms with Gasteiger partial charge in [0.05, 0.1) is 5.52 Å². The largest absolute Gasteiger partial charge is 0.512 e. The molecule has 3 heterocycles. The van der Waals surface area contributed by atoms with Crippen LogP contribution in [0.1, 0.15) is 48.3 Å². The normalized spacial score (nSPS) is 15.4. The van der Waals surface area contributed by atoms with E-state index in [1.54, 1.807) is 6.33 Å². The van der Waals surface area contributed by atoms with Gasteiger partial charge in [-0.25, -0.2) is 19.7 Å². The molecule has 2 aromatic carbocycles. The Morgan fingerprint density at radius 3 is 2.64 bits per heavy atom. The van der Waals surface area contributed by atoms with E-state index in [9.17, 15) is 9.90 Å². The first-order valence-electron chi connectivity index (χ1n) is 12.2. The number of hydrogen-bond acceptors (Lipinski definition) is 6. The Morgan fingerprint density at radius 1 is 1.06 bits per heavy atom. The summed E-state index contributed by atoms with van der Waals surface area (Å²) in [5, 5.41) is 10.3. The summed E-state index contributed by atoms with van der Waals surface area (Å²) in [6.45, 7) is 2.05. The highest BCUT2D eigenvalue weighted by molar-refractivity contribution is 9.10. The molecule has 1 aliphatic heterocycles. The van der Waals surface area contributed by atoms with E-state index in [0.29, 0.717) is 16.9 Å². The lowest BCUT2D eigenvalue weighted by Crippen LogP contribution is -2.19. The number of carboxylic acid groups (broad SMARTS) is 1. The van der Waals surface area contributed by atoms with Crippen LogP contribution in [0, 0.1) is 0 Å². The molecule has 8 heteroatoms. The van der Waals surface area contributed by atoms with Crippen LogP contribution < -0.4 is 9.64 Å². The number of aromatic nitrogens is 3. The van der Waals surface area contributed by atoms with E-state index in [4.69, 9.17) is 4.74 Å². The average molecular weight is 545 g/mol. The first-order valence-corrected chi connectivity index (χ1v) is 13.0. The standard InChI is InChI=1S/C28H25BrN4O3/c29-25-15-21(18-6-7-18)22(27(32-25)36-28(34)35)13-17-4-3-5-19(12-17)20-8-9-24-23(14-20)26(31-16-30-24)33-10-1-2-11-33/h3-5,8-9,12,14-16,18H,1-2,6-7,10-11,13H2,(H,34,35). The lowest BCUT2D eigenvalue weighted by atomic mass is 9.95. The van der Waals surface area contributed by atoms with Gasteiger partial charge in [0, 0.05) is 30.5 Å². The topological polar surface area (TPSA) is 88.4 Å². The zero-order valence-corrected chi connectivity index (χ0v) is 21.2. The summed E-state index contributed by atoms with van der Waals surface area (Å²) >= 11 is 3.41. The molecule has 36 heavy (non-hydrogen) atoms. The van der Waals surface area contributed by atoms with Crippen molar-refractivity contribution in [1.82, 2.24) is 15.0 Å². The van der Waals surface area contributed by atoms with Crippen LogP contribution >= 0.6 is 15.9 Å². The van der Waals surface area contributed by atoms with Crippen molar-refractivity contribution in [3.63, 3.8) is 0 Å². The number of halogens is 1. The highest BCUT2D eigenvalue weighted by Crippen LogP contribution is 2.45. The number of fused-ring (bicyclic) bond motifs is 1. The first-order chi connectivity index (χ1) is 17.5. The molecular weight excluding hydrogens is 520 g/mol. The Balaban J connectivity index is 1.37. The fraction of sp³-hybridized carbons (Fsp3) is 0.286. The Morgan fingerprint density at radius 2 is 1.86 bits per heavy atom. The van der Waals surface area contributed by atoms with Crippen LogP contribution in [0.5, 0.6) is 5.88 Å². The van der Waals surface area contributed by atoms with E-state index in [0.717, 1.165) is 70.5 Å². The predicted octanol–water partition coefficient (Wildman–Crippen LogP) is 6.58. The molecule has 182 valence electrons. The summed E-state index contributed by atoms with van der Waals surface area (Å²) in [7, 11) is 0. The smallest absolute Gasteiger partial charge is 0.449 e. The zero-order chi connectivity index (χ0) is 24.6. The summed E-state index contributed by atoms with van der Waals surface area (Å²) in [4.78, 5) is 27.1. The van der Waals surface area contributed by atoms with Gasteiger partial charge in [0.15, 0.2) is 0 Å². The van der Waals surface area contributed by atoms with E-state index in [-0.39, 0.29) is 5.88 Å². The van der Waals surface area contributed by atoms with Crippen molar-refractivity contribution in [2.24, 2.45) is 0 Å². The minimum atomic E-state index is -1.36. The molecule has 2 fully saturated rings. The minimum absolute atomic E-state index is 0.155. The first kappa shape index (κ1) is 22.9. The van der Waals surface area contributed by atoms with Crippen molar-refractivity contribution in [2.75, 3.05) is 18.0 Å². The number of rotatable bonds is 6. The van der Waals surface area contributed by atoms with Gasteiger partial charge in [-0.3, -0.25) is 0 Å². The van der Waals surface area contributed by atoms with Crippen LogP contribution in [0.25, 0.3) is 22.0 Å². The van der Waals surface area contributed by atoms with Crippen molar-refractivity contribution in [2.45, 2.75) is 38.0 Å². The van der Waals surface area contributed by atoms with Crippen LogP contribution in [0.15, 0.2) is 59.5 Å². The molecule has 0 radical (unpaired) electrons. The minimum Gasteiger partial charge on any atom is -0.449 e.